The summed E-state index contributed by atoms with van der Waals surface area (Å²) in [5, 5.41) is 14.0. The molecule has 0 aliphatic carbocycles. The number of hydrogen-bond acceptors (Lipinski definition) is 4. The van der Waals surface area contributed by atoms with Crippen molar-refractivity contribution in [2.24, 2.45) is 0 Å². The minimum atomic E-state index is -0.920. The van der Waals surface area contributed by atoms with Crippen LogP contribution in [0.4, 0.5) is 5.69 Å². The fourth-order valence-electron chi connectivity index (χ4n) is 4.53. The third-order valence-electron chi connectivity index (χ3n) is 6.14. The van der Waals surface area contributed by atoms with E-state index in [1.54, 1.807) is 24.3 Å². The van der Waals surface area contributed by atoms with Gasteiger partial charge in [0.2, 0.25) is 0 Å². The molecule has 1 fully saturated rings. The largest absolute Gasteiger partial charge is 0.507 e. The summed E-state index contributed by atoms with van der Waals surface area (Å²) in [7, 11) is 1.42. The van der Waals surface area contributed by atoms with Gasteiger partial charge in [0.15, 0.2) is 5.75 Å². The van der Waals surface area contributed by atoms with E-state index in [1.165, 1.54) is 24.1 Å². The highest BCUT2D eigenvalue weighted by atomic mass is 35.5. The number of benzene rings is 4. The summed E-state index contributed by atoms with van der Waals surface area (Å²) in [6.45, 7) is 0. The van der Waals surface area contributed by atoms with Crippen LogP contribution < -0.4 is 9.64 Å². The highest BCUT2D eigenvalue weighted by Crippen LogP contribution is 2.45. The van der Waals surface area contributed by atoms with Gasteiger partial charge in [-0.15, -0.1) is 0 Å². The molecule has 1 aliphatic heterocycles. The number of carbonyl (C=O) groups is 2. The maximum Gasteiger partial charge on any atom is 0.300 e. The first-order chi connectivity index (χ1) is 17.3. The van der Waals surface area contributed by atoms with Gasteiger partial charge < -0.3 is 9.84 Å². The summed E-state index contributed by atoms with van der Waals surface area (Å²) in [6, 6.07) is 21.8. The Balaban J connectivity index is 1.80. The molecular formula is C28H18Cl3NO4. The van der Waals surface area contributed by atoms with E-state index < -0.39 is 23.5 Å². The number of halogens is 3. The van der Waals surface area contributed by atoms with Crippen LogP contribution in [0.15, 0.2) is 84.4 Å². The second kappa shape index (κ2) is 9.51. The van der Waals surface area contributed by atoms with Crippen molar-refractivity contribution in [2.75, 3.05) is 12.0 Å². The van der Waals surface area contributed by atoms with E-state index in [9.17, 15) is 14.7 Å². The fourth-order valence-corrected chi connectivity index (χ4v) is 5.30. The number of fused-ring (bicyclic) bond motifs is 1. The summed E-state index contributed by atoms with van der Waals surface area (Å²) in [5.74, 6) is -1.76. The van der Waals surface area contributed by atoms with Gasteiger partial charge in [-0.3, -0.25) is 14.5 Å². The molecule has 180 valence electrons. The normalized spacial score (nSPS) is 17.1. The molecule has 1 unspecified atom stereocenters. The van der Waals surface area contributed by atoms with Gasteiger partial charge in [0.1, 0.15) is 5.76 Å². The zero-order valence-electron chi connectivity index (χ0n) is 18.8. The van der Waals surface area contributed by atoms with Gasteiger partial charge >= 0.3 is 0 Å². The maximum absolute atomic E-state index is 13.5. The van der Waals surface area contributed by atoms with Gasteiger partial charge in [-0.25, -0.2) is 0 Å². The molecule has 8 heteroatoms. The summed E-state index contributed by atoms with van der Waals surface area (Å²) in [5.41, 5.74) is 1.24. The van der Waals surface area contributed by atoms with Crippen molar-refractivity contribution in [3.8, 4) is 5.75 Å². The Morgan fingerprint density at radius 3 is 2.19 bits per heavy atom. The van der Waals surface area contributed by atoms with E-state index in [-0.39, 0.29) is 26.9 Å². The van der Waals surface area contributed by atoms with Gasteiger partial charge in [0, 0.05) is 16.3 Å². The van der Waals surface area contributed by atoms with Gasteiger partial charge in [0.05, 0.1) is 28.8 Å². The number of nitrogens with zero attached hydrogens (tertiary/aromatic N) is 1. The number of hydrogen-bond donors (Lipinski definition) is 1. The second-order valence-electron chi connectivity index (χ2n) is 8.19. The topological polar surface area (TPSA) is 66.8 Å². The second-order valence-corrected chi connectivity index (χ2v) is 9.44. The quantitative estimate of drug-likeness (QED) is 0.167. The van der Waals surface area contributed by atoms with Crippen LogP contribution in [0.5, 0.6) is 5.75 Å². The molecule has 1 N–H and O–H groups in total. The molecule has 0 radical (unpaired) electrons. The van der Waals surface area contributed by atoms with E-state index in [2.05, 4.69) is 0 Å². The van der Waals surface area contributed by atoms with E-state index in [0.29, 0.717) is 16.3 Å². The Labute approximate surface area is 222 Å². The highest BCUT2D eigenvalue weighted by Gasteiger charge is 2.47. The molecule has 1 aliphatic rings. The number of carbonyl (C=O) groups excluding carboxylic acids is 2. The molecule has 0 bridgehead atoms. The lowest BCUT2D eigenvalue weighted by Crippen LogP contribution is -2.29. The average molecular weight is 539 g/mol. The van der Waals surface area contributed by atoms with Crippen LogP contribution in [-0.4, -0.2) is 23.9 Å². The minimum absolute atomic E-state index is 0.0800. The van der Waals surface area contributed by atoms with Crippen molar-refractivity contribution in [1.82, 2.24) is 0 Å². The lowest BCUT2D eigenvalue weighted by Gasteiger charge is -2.26. The van der Waals surface area contributed by atoms with Crippen molar-refractivity contribution in [3.05, 3.63) is 111 Å². The number of Topliss-reactive ketones (excluding diaryl/α,β-unsaturated/α-hetero) is 1. The summed E-state index contributed by atoms with van der Waals surface area (Å²) >= 11 is 18.7. The van der Waals surface area contributed by atoms with Crippen molar-refractivity contribution in [1.29, 1.82) is 0 Å². The average Bonchev–Trinajstić information content (AvgIpc) is 3.13. The van der Waals surface area contributed by atoms with Gasteiger partial charge in [0.25, 0.3) is 11.7 Å². The summed E-state index contributed by atoms with van der Waals surface area (Å²) in [6.07, 6.45) is 0. The predicted molar refractivity (Wildman–Crippen MR) is 143 cm³/mol. The van der Waals surface area contributed by atoms with E-state index in [4.69, 9.17) is 39.5 Å². The molecule has 0 aromatic heterocycles. The first-order valence-corrected chi connectivity index (χ1v) is 12.0. The van der Waals surface area contributed by atoms with Gasteiger partial charge in [-0.2, -0.15) is 0 Å². The molecule has 5 rings (SSSR count). The van der Waals surface area contributed by atoms with Crippen LogP contribution in [0.25, 0.3) is 16.5 Å². The molecule has 1 amide bonds. The SMILES string of the molecule is COc1c(Cl)cc(/C(O)=C2\C(=O)C(=O)N(c3ccc(Cl)cc3)C2c2cccc3ccccc23)cc1Cl. The molecule has 1 heterocycles. The molecule has 36 heavy (non-hydrogen) atoms. The third-order valence-corrected chi connectivity index (χ3v) is 6.96. The van der Waals surface area contributed by atoms with Gasteiger partial charge in [-0.1, -0.05) is 77.3 Å². The monoisotopic (exact) mass is 537 g/mol. The first-order valence-electron chi connectivity index (χ1n) is 10.9. The number of rotatable bonds is 4. The molecule has 1 atom stereocenters. The molecular weight excluding hydrogens is 521 g/mol. The molecule has 0 spiro atoms. The Bertz CT molecular complexity index is 1530. The number of ether oxygens (including phenoxy) is 1. The van der Waals surface area contributed by atoms with Crippen molar-refractivity contribution in [3.63, 3.8) is 0 Å². The molecule has 4 aromatic rings. The lowest BCUT2D eigenvalue weighted by atomic mass is 9.91. The Morgan fingerprint density at radius 1 is 0.889 bits per heavy atom. The Morgan fingerprint density at radius 2 is 1.53 bits per heavy atom. The van der Waals surface area contributed by atoms with Crippen LogP contribution in [-0.2, 0) is 9.59 Å². The number of anilines is 1. The zero-order chi connectivity index (χ0) is 25.6. The summed E-state index contributed by atoms with van der Waals surface area (Å²) in [4.78, 5) is 28.2. The Hall–Kier alpha value is -3.51. The predicted octanol–water partition coefficient (Wildman–Crippen LogP) is 7.43. The lowest BCUT2D eigenvalue weighted by molar-refractivity contribution is -0.132. The summed E-state index contributed by atoms with van der Waals surface area (Å²) < 4.78 is 5.20. The van der Waals surface area contributed by atoms with Crippen LogP contribution in [0.1, 0.15) is 17.2 Å². The van der Waals surface area contributed by atoms with Crippen LogP contribution in [0.3, 0.4) is 0 Å². The third kappa shape index (κ3) is 3.99. The van der Waals surface area contributed by atoms with Crippen molar-refractivity contribution in [2.45, 2.75) is 6.04 Å². The van der Waals surface area contributed by atoms with E-state index in [0.717, 1.165) is 10.8 Å². The number of methoxy groups -OCH3 is 1. The van der Waals surface area contributed by atoms with Crippen molar-refractivity contribution >= 4 is 68.7 Å². The number of ketones is 1. The van der Waals surface area contributed by atoms with E-state index >= 15 is 0 Å². The first kappa shape index (κ1) is 24.2. The standard InChI is InChI=1S/C28H18Cl3NO4/c1-36-27-21(30)13-16(14-22(27)31)25(33)23-24(20-8-4-6-15-5-2-3-7-19(15)20)32(28(35)26(23)34)18-11-9-17(29)10-12-18/h2-14,24,33H,1H3/b25-23+. The molecule has 4 aromatic carbocycles. The zero-order valence-corrected chi connectivity index (χ0v) is 21.1. The van der Waals surface area contributed by atoms with Crippen LogP contribution in [0.2, 0.25) is 15.1 Å². The Kier molecular flexibility index (Phi) is 6.39. The van der Waals surface area contributed by atoms with Crippen molar-refractivity contribution < 1.29 is 19.4 Å². The number of amides is 1. The highest BCUT2D eigenvalue weighted by molar-refractivity contribution is 6.52. The fraction of sp³-hybridized carbons (Fsp3) is 0.0714. The van der Waals surface area contributed by atoms with E-state index in [1.807, 2.05) is 42.5 Å². The van der Waals surface area contributed by atoms with Crippen LogP contribution >= 0.6 is 34.8 Å². The molecule has 0 saturated carbocycles. The molecule has 1 saturated heterocycles. The van der Waals surface area contributed by atoms with Crippen LogP contribution in [0, 0.1) is 0 Å². The maximum atomic E-state index is 13.5. The van der Waals surface area contributed by atoms with Gasteiger partial charge in [-0.05, 0) is 52.7 Å². The number of aliphatic hydroxyl groups excluding tert-OH is 1. The number of aliphatic hydroxyl groups is 1. The minimum Gasteiger partial charge on any atom is -0.507 e. The molecule has 5 nitrogen and oxygen atoms in total. The smallest absolute Gasteiger partial charge is 0.300 e.